The van der Waals surface area contributed by atoms with Crippen molar-refractivity contribution in [1.29, 1.82) is 0 Å². The van der Waals surface area contributed by atoms with Gasteiger partial charge in [0.1, 0.15) is 0 Å². The van der Waals surface area contributed by atoms with Gasteiger partial charge in [0.05, 0.1) is 12.2 Å². The molecule has 10 atom stereocenters. The largest absolute Gasteiger partial charge is 0.437 e. The van der Waals surface area contributed by atoms with Crippen LogP contribution in [0.25, 0.3) is 11.1 Å². The van der Waals surface area contributed by atoms with Crippen molar-refractivity contribution < 1.29 is 27.8 Å². The molecule has 1 heterocycles. The van der Waals surface area contributed by atoms with E-state index < -0.39 is 17.5 Å². The van der Waals surface area contributed by atoms with Gasteiger partial charge in [-0.05, 0) is 111 Å². The molecule has 4 aliphatic carbocycles. The summed E-state index contributed by atoms with van der Waals surface area (Å²) in [4.78, 5) is 4.12. The molecule has 1 aromatic carbocycles. The normalized spacial score (nSPS) is 41.6. The minimum Gasteiger partial charge on any atom is -0.437 e. The lowest BCUT2D eigenvalue weighted by Gasteiger charge is -2.62. The van der Waals surface area contributed by atoms with Gasteiger partial charge in [0.25, 0.3) is 0 Å². The number of halogens is 3. The molecule has 4 nitrogen and oxygen atoms in total. The minimum atomic E-state index is -1.21. The molecular formula is C31H42F3NO3. The third kappa shape index (κ3) is 3.81. The van der Waals surface area contributed by atoms with E-state index >= 15 is 0 Å². The van der Waals surface area contributed by atoms with Crippen LogP contribution in [0, 0.1) is 70.7 Å². The highest BCUT2D eigenvalue weighted by Gasteiger charge is 2.62. The molecule has 2 N–H and O–H groups in total. The first kappa shape index (κ1) is 26.6. The Morgan fingerprint density at radius 3 is 2.42 bits per heavy atom. The smallest absolute Gasteiger partial charge is 0.195 e. The molecule has 0 saturated heterocycles. The van der Waals surface area contributed by atoms with Crippen LogP contribution in [-0.4, -0.2) is 27.4 Å². The Bertz CT molecular complexity index is 1190. The molecular weight excluding hydrogens is 491 g/mol. The number of aliphatic hydroxyl groups excluding tert-OH is 2. The van der Waals surface area contributed by atoms with Gasteiger partial charge >= 0.3 is 0 Å². The van der Waals surface area contributed by atoms with Crippen molar-refractivity contribution in [2.75, 3.05) is 0 Å². The Morgan fingerprint density at radius 1 is 0.947 bits per heavy atom. The Balaban J connectivity index is 1.18. The summed E-state index contributed by atoms with van der Waals surface area (Å²) in [5.41, 5.74) is -0.695. The van der Waals surface area contributed by atoms with E-state index in [0.717, 1.165) is 57.8 Å². The maximum absolute atomic E-state index is 14.5. The van der Waals surface area contributed by atoms with Crippen LogP contribution >= 0.6 is 0 Å². The fraction of sp³-hybridized carbons (Fsp3) is 0.774. The van der Waals surface area contributed by atoms with Gasteiger partial charge in [-0.25, -0.2) is 18.2 Å². The zero-order chi connectivity index (χ0) is 27.1. The molecule has 1 aromatic heterocycles. The fourth-order valence-electron chi connectivity index (χ4n) is 10.0. The molecule has 0 aliphatic heterocycles. The second kappa shape index (κ2) is 9.22. The van der Waals surface area contributed by atoms with Gasteiger partial charge in [-0.1, -0.05) is 20.8 Å². The number of oxazole rings is 1. The fourth-order valence-corrected chi connectivity index (χ4v) is 10.0. The van der Waals surface area contributed by atoms with Crippen LogP contribution in [0.15, 0.2) is 4.42 Å². The van der Waals surface area contributed by atoms with Crippen LogP contribution in [0.2, 0.25) is 0 Å². The highest BCUT2D eigenvalue weighted by Crippen LogP contribution is 2.68. The van der Waals surface area contributed by atoms with Crippen LogP contribution in [0.4, 0.5) is 13.2 Å². The van der Waals surface area contributed by atoms with E-state index in [-0.39, 0.29) is 45.6 Å². The van der Waals surface area contributed by atoms with Crippen LogP contribution in [0.5, 0.6) is 0 Å². The molecule has 4 fully saturated rings. The van der Waals surface area contributed by atoms with E-state index in [0.29, 0.717) is 41.9 Å². The van der Waals surface area contributed by atoms with Crippen LogP contribution in [0.3, 0.4) is 0 Å². The van der Waals surface area contributed by atoms with Gasteiger partial charge in [0.2, 0.25) is 0 Å². The lowest BCUT2D eigenvalue weighted by Crippen LogP contribution is -2.58. The summed E-state index contributed by atoms with van der Waals surface area (Å²) in [6.07, 6.45) is 8.83. The van der Waals surface area contributed by atoms with E-state index in [9.17, 15) is 23.4 Å². The van der Waals surface area contributed by atoms with E-state index in [4.69, 9.17) is 4.42 Å². The molecule has 4 saturated carbocycles. The lowest BCUT2D eigenvalue weighted by molar-refractivity contribution is -0.174. The Morgan fingerprint density at radius 2 is 1.66 bits per heavy atom. The van der Waals surface area contributed by atoms with Crippen molar-refractivity contribution in [3.8, 4) is 0 Å². The van der Waals surface area contributed by atoms with Crippen molar-refractivity contribution in [1.82, 2.24) is 4.98 Å². The van der Waals surface area contributed by atoms with Crippen molar-refractivity contribution in [2.24, 2.45) is 46.3 Å². The lowest BCUT2D eigenvalue weighted by atomic mass is 9.43. The summed E-state index contributed by atoms with van der Waals surface area (Å²) in [5.74, 6) is -0.402. The Hall–Kier alpha value is -1.60. The molecule has 0 spiro atoms. The summed E-state index contributed by atoms with van der Waals surface area (Å²) in [6, 6.07) is 0. The highest BCUT2D eigenvalue weighted by molar-refractivity contribution is 5.75. The maximum atomic E-state index is 14.5. The molecule has 0 amide bonds. The molecule has 0 radical (unpaired) electrons. The monoisotopic (exact) mass is 533 g/mol. The number of nitrogens with zero attached hydrogens (tertiary/aromatic N) is 1. The van der Waals surface area contributed by atoms with Gasteiger partial charge in [-0.15, -0.1) is 0 Å². The maximum Gasteiger partial charge on any atom is 0.195 e. The number of rotatable bonds is 4. The standard InChI is InChI=1S/C31H42F3NO3/c1-15(5-8-23-35-28-27(34)25(32)16(2)26(33)29(28)38-23)19-6-7-20-24-21(10-12-31(19,20)4)30(3)11-9-18(36)13-17(30)14-22(24)37/h15,17-22,24,36-37H,5-14H2,1-4H3/t15?,17-,18+,19+,20-,21-,22-,24-,30-,31+/m0/s1. The van der Waals surface area contributed by atoms with Crippen molar-refractivity contribution in [3.63, 3.8) is 0 Å². The molecule has 0 bridgehead atoms. The second-order valence-electron chi connectivity index (χ2n) is 13.8. The first-order valence-corrected chi connectivity index (χ1v) is 14.7. The zero-order valence-corrected chi connectivity index (χ0v) is 23.1. The Kier molecular flexibility index (Phi) is 6.46. The highest BCUT2D eigenvalue weighted by atomic mass is 19.2. The third-order valence-electron chi connectivity index (χ3n) is 12.2. The van der Waals surface area contributed by atoms with E-state index in [1.54, 1.807) is 0 Å². The second-order valence-corrected chi connectivity index (χ2v) is 13.8. The number of aryl methyl sites for hydroxylation is 1. The molecule has 1 unspecified atom stereocenters. The number of hydrogen-bond acceptors (Lipinski definition) is 4. The number of aliphatic hydroxyl groups is 2. The van der Waals surface area contributed by atoms with Crippen LogP contribution < -0.4 is 0 Å². The third-order valence-corrected chi connectivity index (χ3v) is 12.2. The molecule has 7 heteroatoms. The number of fused-ring (bicyclic) bond motifs is 6. The Labute approximate surface area is 223 Å². The molecule has 210 valence electrons. The van der Waals surface area contributed by atoms with Gasteiger partial charge < -0.3 is 14.6 Å². The average molecular weight is 534 g/mol. The first-order valence-electron chi connectivity index (χ1n) is 14.7. The number of hydrogen-bond donors (Lipinski definition) is 2. The average Bonchev–Trinajstić information content (AvgIpc) is 3.47. The molecule has 38 heavy (non-hydrogen) atoms. The molecule has 4 aliphatic rings. The van der Waals surface area contributed by atoms with Gasteiger partial charge in [-0.3, -0.25) is 0 Å². The number of aromatic nitrogens is 1. The van der Waals surface area contributed by atoms with Crippen LogP contribution in [-0.2, 0) is 6.42 Å². The number of benzene rings is 1. The molecule has 6 rings (SSSR count). The zero-order valence-electron chi connectivity index (χ0n) is 23.1. The predicted molar refractivity (Wildman–Crippen MR) is 139 cm³/mol. The summed E-state index contributed by atoms with van der Waals surface area (Å²) in [6.45, 7) is 8.33. The van der Waals surface area contributed by atoms with Gasteiger partial charge in [0, 0.05) is 12.0 Å². The first-order chi connectivity index (χ1) is 18.0. The SMILES string of the molecule is Cc1c(F)c(F)c2nc(CCC(C)[C@H]3CC[C@H]4[C@@H]5[C@@H](O)C[C@@H]6C[C@H](O)CC[C@]6(C)[C@H]5CC[C@]34C)oc2c1F. The summed E-state index contributed by atoms with van der Waals surface area (Å²) < 4.78 is 48.4. The summed E-state index contributed by atoms with van der Waals surface area (Å²) in [5, 5.41) is 21.8. The van der Waals surface area contributed by atoms with E-state index in [1.807, 2.05) is 0 Å². The quantitative estimate of drug-likeness (QED) is 0.411. The topological polar surface area (TPSA) is 66.5 Å². The summed E-state index contributed by atoms with van der Waals surface area (Å²) in [7, 11) is 0. The van der Waals surface area contributed by atoms with E-state index in [1.165, 1.54) is 6.92 Å². The van der Waals surface area contributed by atoms with Gasteiger partial charge in [0.15, 0.2) is 34.4 Å². The molecule has 2 aromatic rings. The predicted octanol–water partition coefficient (Wildman–Crippen LogP) is 7.11. The van der Waals surface area contributed by atoms with Crippen molar-refractivity contribution in [2.45, 2.75) is 104 Å². The minimum absolute atomic E-state index is 0.151. The summed E-state index contributed by atoms with van der Waals surface area (Å²) >= 11 is 0. The van der Waals surface area contributed by atoms with Crippen molar-refractivity contribution >= 4 is 11.1 Å². The van der Waals surface area contributed by atoms with E-state index in [2.05, 4.69) is 25.8 Å². The van der Waals surface area contributed by atoms with Crippen LogP contribution in [0.1, 0.15) is 90.0 Å². The van der Waals surface area contributed by atoms with Crippen molar-refractivity contribution in [3.05, 3.63) is 28.9 Å². The van der Waals surface area contributed by atoms with Gasteiger partial charge in [-0.2, -0.15) is 0 Å².